The molecule has 3 aromatic rings. The van der Waals surface area contributed by atoms with E-state index in [0.717, 1.165) is 24.8 Å². The smallest absolute Gasteiger partial charge is 0.276 e. The summed E-state index contributed by atoms with van der Waals surface area (Å²) < 4.78 is 24.1. The molecule has 2 heterocycles. The highest BCUT2D eigenvalue weighted by molar-refractivity contribution is 5.94. The van der Waals surface area contributed by atoms with Crippen LogP contribution in [-0.2, 0) is 6.61 Å². The number of piperidine rings is 1. The molecule has 4 rings (SSSR count). The fourth-order valence-corrected chi connectivity index (χ4v) is 3.75. The molecule has 1 aromatic heterocycles. The summed E-state index contributed by atoms with van der Waals surface area (Å²) >= 11 is 0. The van der Waals surface area contributed by atoms with E-state index in [1.807, 2.05) is 23.1 Å². The zero-order valence-corrected chi connectivity index (χ0v) is 16.3. The third kappa shape index (κ3) is 4.16. The molecule has 6 heteroatoms. The summed E-state index contributed by atoms with van der Waals surface area (Å²) in [6, 6.07) is 15.9. The summed E-state index contributed by atoms with van der Waals surface area (Å²) in [5, 5.41) is 4.04. The van der Waals surface area contributed by atoms with E-state index < -0.39 is 0 Å². The molecule has 1 atom stereocenters. The monoisotopic (exact) mass is 394 g/mol. The van der Waals surface area contributed by atoms with Crippen LogP contribution >= 0.6 is 0 Å². The number of carbonyl (C=O) groups is 1. The van der Waals surface area contributed by atoms with E-state index >= 15 is 0 Å². The van der Waals surface area contributed by atoms with Gasteiger partial charge < -0.3 is 14.2 Å². The minimum absolute atomic E-state index is 0.0281. The Kier molecular flexibility index (Phi) is 5.60. The molecule has 0 N–H and O–H groups in total. The summed E-state index contributed by atoms with van der Waals surface area (Å²) in [4.78, 5) is 15.3. The maximum Gasteiger partial charge on any atom is 0.276 e. The van der Waals surface area contributed by atoms with Crippen molar-refractivity contribution < 1.29 is 18.4 Å². The van der Waals surface area contributed by atoms with Crippen LogP contribution in [-0.4, -0.2) is 22.5 Å². The van der Waals surface area contributed by atoms with Gasteiger partial charge in [0, 0.05) is 6.54 Å². The fourth-order valence-electron chi connectivity index (χ4n) is 3.75. The molecule has 0 spiro atoms. The second-order valence-corrected chi connectivity index (χ2v) is 7.23. The third-order valence-corrected chi connectivity index (χ3v) is 5.33. The van der Waals surface area contributed by atoms with Crippen molar-refractivity contribution in [1.29, 1.82) is 0 Å². The Morgan fingerprint density at radius 1 is 1.17 bits per heavy atom. The van der Waals surface area contributed by atoms with Crippen molar-refractivity contribution in [3.8, 4) is 5.75 Å². The predicted molar refractivity (Wildman–Crippen MR) is 106 cm³/mol. The molecule has 5 nitrogen and oxygen atoms in total. The number of aromatic nitrogens is 1. The van der Waals surface area contributed by atoms with Crippen LogP contribution in [0.15, 0.2) is 59.1 Å². The third-order valence-electron chi connectivity index (χ3n) is 5.33. The maximum absolute atomic E-state index is 13.4. The minimum Gasteiger partial charge on any atom is -0.489 e. The number of hydrogen-bond acceptors (Lipinski definition) is 4. The van der Waals surface area contributed by atoms with Gasteiger partial charge >= 0.3 is 0 Å². The van der Waals surface area contributed by atoms with Gasteiger partial charge in [0.1, 0.15) is 23.9 Å². The lowest BCUT2D eigenvalue weighted by molar-refractivity contribution is 0.0598. The molecule has 0 bridgehead atoms. The van der Waals surface area contributed by atoms with Crippen LogP contribution in [0.4, 0.5) is 4.39 Å². The average molecular weight is 394 g/mol. The highest BCUT2D eigenvalue weighted by Crippen LogP contribution is 2.32. The molecule has 1 unspecified atom stereocenters. The van der Waals surface area contributed by atoms with Gasteiger partial charge in [-0.2, -0.15) is 0 Å². The highest BCUT2D eigenvalue weighted by Gasteiger charge is 2.32. The topological polar surface area (TPSA) is 55.6 Å². The van der Waals surface area contributed by atoms with E-state index in [1.165, 1.54) is 12.1 Å². The van der Waals surface area contributed by atoms with E-state index in [-0.39, 0.29) is 30.1 Å². The van der Waals surface area contributed by atoms with E-state index in [4.69, 9.17) is 9.26 Å². The second-order valence-electron chi connectivity index (χ2n) is 7.23. The number of amides is 1. The van der Waals surface area contributed by atoms with Crippen molar-refractivity contribution in [3.05, 3.63) is 83.0 Å². The summed E-state index contributed by atoms with van der Waals surface area (Å²) in [6.45, 7) is 2.58. The molecule has 1 aliphatic heterocycles. The standard InChI is InChI=1S/C23H23FN2O3/c1-16-20(15-28-19-12-10-18(24)11-13-19)22(25-29-16)23(27)26-14-6-5-9-21(26)17-7-3-2-4-8-17/h2-4,7-8,10-13,21H,5-6,9,14-15H2,1H3. The Bertz CT molecular complexity index is 970. The van der Waals surface area contributed by atoms with E-state index in [1.54, 1.807) is 19.1 Å². The number of halogens is 1. The van der Waals surface area contributed by atoms with E-state index in [0.29, 0.717) is 23.6 Å². The van der Waals surface area contributed by atoms with Crippen LogP contribution in [0.1, 0.15) is 52.7 Å². The van der Waals surface area contributed by atoms with Gasteiger partial charge in [-0.15, -0.1) is 0 Å². The lowest BCUT2D eigenvalue weighted by atomic mass is 9.94. The summed E-state index contributed by atoms with van der Waals surface area (Å²) in [7, 11) is 0. The SMILES string of the molecule is Cc1onc(C(=O)N2CCCCC2c2ccccc2)c1COc1ccc(F)cc1. The van der Waals surface area contributed by atoms with E-state index in [9.17, 15) is 9.18 Å². The molecule has 1 saturated heterocycles. The van der Waals surface area contributed by atoms with Crippen LogP contribution in [0.5, 0.6) is 5.75 Å². The number of carbonyl (C=O) groups excluding carboxylic acids is 1. The number of hydrogen-bond donors (Lipinski definition) is 0. The Labute approximate surface area is 169 Å². The van der Waals surface area contributed by atoms with Gasteiger partial charge in [-0.1, -0.05) is 35.5 Å². The maximum atomic E-state index is 13.4. The van der Waals surface area contributed by atoms with Crippen molar-refractivity contribution in [3.63, 3.8) is 0 Å². The lowest BCUT2D eigenvalue weighted by Gasteiger charge is -2.35. The fraction of sp³-hybridized carbons (Fsp3) is 0.304. The molecule has 29 heavy (non-hydrogen) atoms. The number of likely N-dealkylation sites (tertiary alicyclic amines) is 1. The number of rotatable bonds is 5. The van der Waals surface area contributed by atoms with Crippen LogP contribution in [0, 0.1) is 12.7 Å². The first kappa shape index (κ1) is 19.2. The number of benzene rings is 2. The molecule has 150 valence electrons. The molecule has 0 saturated carbocycles. The zero-order chi connectivity index (χ0) is 20.2. The quantitative estimate of drug-likeness (QED) is 0.606. The Morgan fingerprint density at radius 3 is 2.69 bits per heavy atom. The average Bonchev–Trinajstić information content (AvgIpc) is 3.14. The van der Waals surface area contributed by atoms with Gasteiger partial charge in [0.2, 0.25) is 0 Å². The van der Waals surface area contributed by atoms with Crippen molar-refractivity contribution in [2.75, 3.05) is 6.54 Å². The Morgan fingerprint density at radius 2 is 1.93 bits per heavy atom. The Balaban J connectivity index is 1.55. The highest BCUT2D eigenvalue weighted by atomic mass is 19.1. The molecule has 0 radical (unpaired) electrons. The molecule has 1 fully saturated rings. The Hall–Kier alpha value is -3.15. The van der Waals surface area contributed by atoms with Crippen LogP contribution in [0.25, 0.3) is 0 Å². The van der Waals surface area contributed by atoms with Crippen molar-refractivity contribution in [1.82, 2.24) is 10.1 Å². The largest absolute Gasteiger partial charge is 0.489 e. The normalized spacial score (nSPS) is 16.6. The number of ether oxygens (including phenoxy) is 1. The summed E-state index contributed by atoms with van der Waals surface area (Å²) in [5.41, 5.74) is 2.04. The summed E-state index contributed by atoms with van der Waals surface area (Å²) in [5.74, 6) is 0.591. The van der Waals surface area contributed by atoms with Crippen LogP contribution in [0.2, 0.25) is 0 Å². The van der Waals surface area contributed by atoms with Gasteiger partial charge in [0.25, 0.3) is 5.91 Å². The van der Waals surface area contributed by atoms with Crippen molar-refractivity contribution >= 4 is 5.91 Å². The molecule has 0 aliphatic carbocycles. The minimum atomic E-state index is -0.327. The van der Waals surface area contributed by atoms with Crippen LogP contribution in [0.3, 0.4) is 0 Å². The van der Waals surface area contributed by atoms with Crippen molar-refractivity contribution in [2.45, 2.75) is 38.8 Å². The predicted octanol–water partition coefficient (Wildman–Crippen LogP) is 5.07. The van der Waals surface area contributed by atoms with Gasteiger partial charge in [0.05, 0.1) is 11.6 Å². The first-order chi connectivity index (χ1) is 14.1. The van der Waals surface area contributed by atoms with Gasteiger partial charge in [-0.3, -0.25) is 4.79 Å². The van der Waals surface area contributed by atoms with Crippen LogP contribution < -0.4 is 4.74 Å². The van der Waals surface area contributed by atoms with Crippen molar-refractivity contribution in [2.24, 2.45) is 0 Å². The number of aryl methyl sites for hydroxylation is 1. The first-order valence-electron chi connectivity index (χ1n) is 9.83. The zero-order valence-electron chi connectivity index (χ0n) is 16.3. The molecule has 1 amide bonds. The number of nitrogens with zero attached hydrogens (tertiary/aromatic N) is 2. The molecular formula is C23H23FN2O3. The molecule has 1 aliphatic rings. The lowest BCUT2D eigenvalue weighted by Crippen LogP contribution is -2.39. The second kappa shape index (κ2) is 8.47. The van der Waals surface area contributed by atoms with Gasteiger partial charge in [-0.05, 0) is 56.0 Å². The molecule has 2 aromatic carbocycles. The summed E-state index contributed by atoms with van der Waals surface area (Å²) in [6.07, 6.45) is 2.98. The first-order valence-corrected chi connectivity index (χ1v) is 9.83. The van der Waals surface area contributed by atoms with Gasteiger partial charge in [0.15, 0.2) is 5.69 Å². The molecular weight excluding hydrogens is 371 g/mol. The van der Waals surface area contributed by atoms with E-state index in [2.05, 4.69) is 17.3 Å². The van der Waals surface area contributed by atoms with Gasteiger partial charge in [-0.25, -0.2) is 4.39 Å².